The molecule has 3 aromatic carbocycles. The highest BCUT2D eigenvalue weighted by molar-refractivity contribution is 7.99. The lowest BCUT2D eigenvalue weighted by Gasteiger charge is -2.44. The second kappa shape index (κ2) is 53.3. The van der Waals surface area contributed by atoms with Gasteiger partial charge >= 0.3 is 0 Å². The highest BCUT2D eigenvalue weighted by atomic mass is 32.2. The van der Waals surface area contributed by atoms with Crippen LogP contribution in [0.15, 0.2) is 94.7 Å². The third-order valence-electron chi connectivity index (χ3n) is 23.1. The van der Waals surface area contributed by atoms with Crippen molar-refractivity contribution in [3.63, 3.8) is 0 Å². The van der Waals surface area contributed by atoms with E-state index in [1.165, 1.54) is 90.7 Å². The number of carbonyl (C=O) groups excluding carboxylic acids is 3. The molecule has 3 aromatic rings. The molecule has 4 atom stereocenters. The maximum absolute atomic E-state index is 12.3. The van der Waals surface area contributed by atoms with E-state index in [0.717, 1.165) is 89.2 Å². The molecule has 0 saturated carbocycles. The molecular formula is C91H159N5O17S6. The number of sulfonamides is 3. The number of ketones is 1. The van der Waals surface area contributed by atoms with Crippen LogP contribution in [-0.4, -0.2) is 258 Å². The Hall–Kier alpha value is -3.43. The monoisotopic (exact) mass is 1790 g/mol. The Morgan fingerprint density at radius 2 is 1.03 bits per heavy atom. The van der Waals surface area contributed by atoms with E-state index >= 15 is 0 Å². The van der Waals surface area contributed by atoms with Crippen LogP contribution < -0.4 is 4.74 Å². The number of ether oxygens (including phenoxy) is 7. The topological polar surface area (TPSA) is 255 Å². The molecule has 0 spiro atoms. The first kappa shape index (κ1) is 110. The van der Waals surface area contributed by atoms with Gasteiger partial charge in [-0.1, -0.05) is 152 Å². The Labute approximate surface area is 735 Å². The van der Waals surface area contributed by atoms with Gasteiger partial charge in [0.05, 0.1) is 48.6 Å². The number of amides is 2. The Morgan fingerprint density at radius 1 is 0.546 bits per heavy atom. The number of rotatable bonds is 14. The van der Waals surface area contributed by atoms with Gasteiger partial charge in [-0.2, -0.15) is 43.9 Å². The molecule has 22 nitrogen and oxygen atoms in total. The lowest BCUT2D eigenvalue weighted by atomic mass is 9.83. The van der Waals surface area contributed by atoms with Crippen LogP contribution in [0.5, 0.6) is 5.75 Å². The number of benzene rings is 3. The summed E-state index contributed by atoms with van der Waals surface area (Å²) in [6, 6.07) is 25.2. The molecule has 119 heavy (non-hydrogen) atoms. The third-order valence-corrected chi connectivity index (χ3v) is 32.1. The summed E-state index contributed by atoms with van der Waals surface area (Å²) in [4.78, 5) is 36.9. The summed E-state index contributed by atoms with van der Waals surface area (Å²) in [6.07, 6.45) is 17.0. The highest BCUT2D eigenvalue weighted by Crippen LogP contribution is 2.39. The van der Waals surface area contributed by atoms with Gasteiger partial charge in [0, 0.05) is 126 Å². The number of Topliss-reactive ketones (excluding diaryl/α,β-unsaturated/α-hetero) is 1. The van der Waals surface area contributed by atoms with Crippen LogP contribution in [0.2, 0.25) is 0 Å². The number of aliphatic hydroxyl groups excluding tert-OH is 1. The van der Waals surface area contributed by atoms with Crippen molar-refractivity contribution in [1.29, 1.82) is 0 Å². The van der Waals surface area contributed by atoms with E-state index in [0.29, 0.717) is 107 Å². The number of methoxy groups -OCH3 is 5. The average Bonchev–Trinajstić information content (AvgIpc) is 1.76. The fourth-order valence-electron chi connectivity index (χ4n) is 13.9. The molecule has 4 unspecified atom stereocenters. The molecule has 28 heteroatoms. The largest absolute Gasteiger partial charge is 0.497 e. The first-order valence-corrected chi connectivity index (χ1v) is 51.1. The quantitative estimate of drug-likeness (QED) is 0.157. The molecule has 1 N–H and O–H groups in total. The van der Waals surface area contributed by atoms with Gasteiger partial charge in [-0.3, -0.25) is 14.4 Å². The van der Waals surface area contributed by atoms with Gasteiger partial charge in [0.1, 0.15) is 19.0 Å². The van der Waals surface area contributed by atoms with E-state index in [9.17, 15) is 39.6 Å². The molecule has 10 aliphatic rings. The van der Waals surface area contributed by atoms with Crippen molar-refractivity contribution in [2.75, 3.05) is 175 Å². The Bertz CT molecular complexity index is 3610. The van der Waals surface area contributed by atoms with Crippen LogP contribution in [0, 0.1) is 49.7 Å². The standard InChI is InChI=1S/C13H19NO2S.C11H15NO2S.C10H17NO3.C10H14O2.C8H15NO3.C8H17NO2S.2C7H14S.C6H12O.C6H12S.C5H10O2/c1-13(2)8-10-14(11-9-13)17(15,16)12-6-4-3-5-7-12;1-11(2)8-12(9-11)15(13,14)10-6-4-3-5-7-10;1-7(12)11-4-8-3-10(13-2)14-6-9(8)5-11;1-8(11-2)9-5-4-6-10(7-9)12-3;1-12-7-2-4-9(5-3-7)8(11)6-10;1-8(2)4-6-9(7-5-8)12(3,10)11;1-7(2)3-5-8-6-4-7;1-7(2)4-3-5-8-6-7;2*1-6(2)3-4-7-5-6;1-3-5(6)4-7-2/h3-7H,8-11H2,1-2H3;3-7H,8-9H2,1-2H3;8-10H,3-6H2,1-2H3;4-8H,1-3H3;7,10H,2-6H2,1H3;4-7H2,1-3H3;2*3-6H2,1-2H3;2*3-5H2,1-2H3;3-4H2,1-2H3. The van der Waals surface area contributed by atoms with E-state index in [4.69, 9.17) is 33.5 Å². The SMILES string of the molecule is CC1(C)CCCSC1.CC1(C)CCN(S(=O)(=O)c2ccccc2)CC1.CC1(C)CCN(S(C)(=O)=O)CC1.CC1(C)CCOC1.CC1(C)CCSC1.CC1(C)CCSCC1.CC1(C)CN(S(=O)(=O)c2ccccc2)C1.CCC(=O)COC.COC1CC2CN(C(C)=O)CC2CO1.COC1CCN(C(=O)CO)CC1.COc1cccc(C(C)OC)c1. The van der Waals surface area contributed by atoms with E-state index < -0.39 is 30.1 Å². The predicted octanol–water partition coefficient (Wildman–Crippen LogP) is 17.0. The first-order chi connectivity index (χ1) is 55.5. The van der Waals surface area contributed by atoms with Gasteiger partial charge in [0.2, 0.25) is 41.9 Å². The van der Waals surface area contributed by atoms with Crippen molar-refractivity contribution in [3.05, 3.63) is 90.5 Å². The maximum Gasteiger partial charge on any atom is 0.248 e. The summed E-state index contributed by atoms with van der Waals surface area (Å²) >= 11 is 6.28. The second-order valence-corrected chi connectivity index (χ2v) is 47.4. The first-order valence-electron chi connectivity index (χ1n) is 42.9. The van der Waals surface area contributed by atoms with Crippen LogP contribution in [-0.2, 0) is 72.9 Å². The Balaban J connectivity index is 0.000000343. The van der Waals surface area contributed by atoms with Gasteiger partial charge in [-0.25, -0.2) is 29.6 Å². The summed E-state index contributed by atoms with van der Waals surface area (Å²) in [5.74, 6) is 10.4. The minimum atomic E-state index is -3.28. The van der Waals surface area contributed by atoms with Crippen molar-refractivity contribution >= 4 is 83.0 Å². The lowest BCUT2D eigenvalue weighted by molar-refractivity contribution is -0.169. The second-order valence-electron chi connectivity index (χ2n) is 38.1. The van der Waals surface area contributed by atoms with Crippen LogP contribution in [0.1, 0.15) is 219 Å². The molecule has 0 aliphatic carbocycles. The van der Waals surface area contributed by atoms with Crippen molar-refractivity contribution in [3.8, 4) is 5.75 Å². The van der Waals surface area contributed by atoms with E-state index in [2.05, 4.69) is 137 Å². The zero-order chi connectivity index (χ0) is 89.5. The Morgan fingerprint density at radius 3 is 1.39 bits per heavy atom. The zero-order valence-electron chi connectivity index (χ0n) is 77.4. The molecule has 10 fully saturated rings. The van der Waals surface area contributed by atoms with Crippen LogP contribution >= 0.6 is 35.3 Å². The summed E-state index contributed by atoms with van der Waals surface area (Å²) in [6.45, 7) is 46.5. The summed E-state index contributed by atoms with van der Waals surface area (Å²) < 4.78 is 111. The number of thioether (sulfide) groups is 3. The van der Waals surface area contributed by atoms with Crippen LogP contribution in [0.25, 0.3) is 0 Å². The molecule has 10 heterocycles. The maximum atomic E-state index is 12.3. The van der Waals surface area contributed by atoms with E-state index in [1.807, 2.05) is 55.1 Å². The minimum Gasteiger partial charge on any atom is -0.497 e. The molecule has 0 radical (unpaired) electrons. The number of piperidine rings is 3. The normalized spacial score (nSPS) is 23.4. The van der Waals surface area contributed by atoms with Crippen LogP contribution in [0.4, 0.5) is 0 Å². The molecule has 2 amide bonds. The number of hydrogen-bond donors (Lipinski definition) is 1. The molecule has 10 aliphatic heterocycles. The van der Waals surface area contributed by atoms with Crippen molar-refractivity contribution in [2.45, 2.75) is 236 Å². The average molecular weight is 1790 g/mol. The number of likely N-dealkylation sites (tertiary alicyclic amines) is 2. The number of carbonyl (C=O) groups is 3. The minimum absolute atomic E-state index is 0.0665. The number of nitrogens with zero attached hydrogens (tertiary/aromatic N) is 5. The molecule has 13 rings (SSSR count). The van der Waals surface area contributed by atoms with Gasteiger partial charge in [0.25, 0.3) is 0 Å². The van der Waals surface area contributed by atoms with E-state index in [-0.39, 0.29) is 60.1 Å². The molecule has 686 valence electrons. The number of hydrogen-bond acceptors (Lipinski definition) is 20. The van der Waals surface area contributed by atoms with Crippen LogP contribution in [0.3, 0.4) is 0 Å². The van der Waals surface area contributed by atoms with Gasteiger partial charge in [0.15, 0.2) is 12.1 Å². The smallest absolute Gasteiger partial charge is 0.248 e. The summed E-state index contributed by atoms with van der Waals surface area (Å²) in [5.41, 5.74) is 4.28. The Kier molecular flexibility index (Phi) is 49.1. The van der Waals surface area contributed by atoms with Crippen molar-refractivity contribution in [2.24, 2.45) is 49.7 Å². The van der Waals surface area contributed by atoms with Crippen molar-refractivity contribution < 1.29 is 77.9 Å². The van der Waals surface area contributed by atoms with Gasteiger partial charge in [-0.05, 0) is 204 Å². The number of aliphatic hydroxyl groups is 1. The van der Waals surface area contributed by atoms with E-state index in [1.54, 1.807) is 97.4 Å². The van der Waals surface area contributed by atoms with Gasteiger partial charge < -0.3 is 48.1 Å². The zero-order valence-corrected chi connectivity index (χ0v) is 82.3. The molecular weight excluding hydrogens is 1630 g/mol. The third kappa shape index (κ3) is 43.6. The summed E-state index contributed by atoms with van der Waals surface area (Å²) in [5, 5.41) is 8.59. The molecule has 10 saturated heterocycles. The molecule has 0 bridgehead atoms. The highest BCUT2D eigenvalue weighted by Gasteiger charge is 2.43. The fraction of sp³-hybridized carbons (Fsp3) is 0.769. The fourth-order valence-corrected chi connectivity index (χ4v) is 22.4. The summed E-state index contributed by atoms with van der Waals surface area (Å²) in [7, 11) is -1.22. The predicted molar refractivity (Wildman–Crippen MR) is 492 cm³/mol. The lowest BCUT2D eigenvalue weighted by Crippen LogP contribution is -2.55. The van der Waals surface area contributed by atoms with Crippen molar-refractivity contribution in [1.82, 2.24) is 22.7 Å². The molecule has 0 aromatic heterocycles. The van der Waals surface area contributed by atoms with Gasteiger partial charge in [-0.15, -0.1) is 0 Å². The number of fused-ring (bicyclic) bond motifs is 1.